The molecule has 0 saturated carbocycles. The van der Waals surface area contributed by atoms with Gasteiger partial charge in [0.05, 0.1) is 0 Å². The summed E-state index contributed by atoms with van der Waals surface area (Å²) in [4.78, 5) is 17.9. The smallest absolute Gasteiger partial charge is 0.244 e. The SMILES string of the molecule is Cc1cc(CNC(=O)/C=C/c2cccnc2)ccc1N(C)C. The monoisotopic (exact) mass is 295 g/mol. The Morgan fingerprint density at radius 2 is 2.14 bits per heavy atom. The molecule has 0 spiro atoms. The molecule has 0 unspecified atom stereocenters. The highest BCUT2D eigenvalue weighted by atomic mass is 16.1. The summed E-state index contributed by atoms with van der Waals surface area (Å²) in [6.45, 7) is 2.59. The van der Waals surface area contributed by atoms with Crippen LogP contribution in [-0.2, 0) is 11.3 Å². The molecule has 0 fully saturated rings. The Labute approximate surface area is 131 Å². The van der Waals surface area contributed by atoms with Crippen molar-refractivity contribution in [3.05, 3.63) is 65.5 Å². The number of hydrogen-bond acceptors (Lipinski definition) is 3. The Morgan fingerprint density at radius 1 is 1.32 bits per heavy atom. The van der Waals surface area contributed by atoms with Crippen molar-refractivity contribution >= 4 is 17.7 Å². The number of hydrogen-bond donors (Lipinski definition) is 1. The molecule has 1 aromatic heterocycles. The Morgan fingerprint density at radius 3 is 2.77 bits per heavy atom. The van der Waals surface area contributed by atoms with Crippen LogP contribution < -0.4 is 10.2 Å². The molecule has 0 radical (unpaired) electrons. The second-order valence-electron chi connectivity index (χ2n) is 5.35. The van der Waals surface area contributed by atoms with E-state index in [1.807, 2.05) is 32.3 Å². The zero-order valence-corrected chi connectivity index (χ0v) is 13.2. The number of carbonyl (C=O) groups excluding carboxylic acids is 1. The van der Waals surface area contributed by atoms with Crippen LogP contribution in [0.2, 0.25) is 0 Å². The summed E-state index contributed by atoms with van der Waals surface area (Å²) >= 11 is 0. The Hall–Kier alpha value is -2.62. The van der Waals surface area contributed by atoms with Crippen molar-refractivity contribution < 1.29 is 4.79 Å². The maximum Gasteiger partial charge on any atom is 0.244 e. The van der Waals surface area contributed by atoms with E-state index in [0.29, 0.717) is 6.54 Å². The van der Waals surface area contributed by atoms with Crippen LogP contribution in [0.5, 0.6) is 0 Å². The Bertz CT molecular complexity index is 663. The Kier molecular flexibility index (Phi) is 5.31. The number of rotatable bonds is 5. The van der Waals surface area contributed by atoms with Crippen LogP contribution in [0.3, 0.4) is 0 Å². The van der Waals surface area contributed by atoms with Crippen molar-refractivity contribution in [1.82, 2.24) is 10.3 Å². The lowest BCUT2D eigenvalue weighted by Gasteiger charge is -2.16. The van der Waals surface area contributed by atoms with Crippen LogP contribution in [0.1, 0.15) is 16.7 Å². The minimum atomic E-state index is -0.113. The quantitative estimate of drug-likeness (QED) is 0.863. The van der Waals surface area contributed by atoms with E-state index in [4.69, 9.17) is 0 Å². The summed E-state index contributed by atoms with van der Waals surface area (Å²) in [6.07, 6.45) is 6.70. The molecule has 22 heavy (non-hydrogen) atoms. The number of anilines is 1. The van der Waals surface area contributed by atoms with Gasteiger partial charge < -0.3 is 10.2 Å². The summed E-state index contributed by atoms with van der Waals surface area (Å²) in [5.41, 5.74) is 4.38. The number of nitrogens with zero attached hydrogens (tertiary/aromatic N) is 2. The third kappa shape index (κ3) is 4.45. The number of amides is 1. The largest absolute Gasteiger partial charge is 0.377 e. The van der Waals surface area contributed by atoms with Crippen LogP contribution in [0.15, 0.2) is 48.8 Å². The van der Waals surface area contributed by atoms with Crippen molar-refractivity contribution in [1.29, 1.82) is 0 Å². The average molecular weight is 295 g/mol. The van der Waals surface area contributed by atoms with Gasteiger partial charge in [-0.2, -0.15) is 0 Å². The van der Waals surface area contributed by atoms with Crippen LogP contribution in [0.4, 0.5) is 5.69 Å². The van der Waals surface area contributed by atoms with Gasteiger partial charge in [0, 0.05) is 44.8 Å². The average Bonchev–Trinajstić information content (AvgIpc) is 2.51. The van der Waals surface area contributed by atoms with Gasteiger partial charge in [0.15, 0.2) is 0 Å². The number of carbonyl (C=O) groups is 1. The van der Waals surface area contributed by atoms with Gasteiger partial charge in [0.25, 0.3) is 0 Å². The zero-order valence-electron chi connectivity index (χ0n) is 13.2. The van der Waals surface area contributed by atoms with Crippen molar-refractivity contribution in [2.75, 3.05) is 19.0 Å². The summed E-state index contributed by atoms with van der Waals surface area (Å²) in [5.74, 6) is -0.113. The lowest BCUT2D eigenvalue weighted by molar-refractivity contribution is -0.116. The number of aryl methyl sites for hydroxylation is 1. The normalized spacial score (nSPS) is 10.7. The summed E-state index contributed by atoms with van der Waals surface area (Å²) in [6, 6.07) is 9.95. The fraction of sp³-hybridized carbons (Fsp3) is 0.222. The zero-order chi connectivity index (χ0) is 15.9. The van der Waals surface area contributed by atoms with Gasteiger partial charge in [0.2, 0.25) is 5.91 Å². The fourth-order valence-electron chi connectivity index (χ4n) is 2.22. The van der Waals surface area contributed by atoms with E-state index < -0.39 is 0 Å². The number of benzene rings is 1. The third-order valence-electron chi connectivity index (χ3n) is 3.32. The molecule has 114 valence electrons. The van der Waals surface area contributed by atoms with E-state index in [9.17, 15) is 4.79 Å². The van der Waals surface area contributed by atoms with E-state index in [0.717, 1.165) is 11.1 Å². The molecule has 0 bridgehead atoms. The molecule has 0 aliphatic carbocycles. The topological polar surface area (TPSA) is 45.2 Å². The lowest BCUT2D eigenvalue weighted by atomic mass is 10.1. The predicted molar refractivity (Wildman–Crippen MR) is 90.6 cm³/mol. The first-order chi connectivity index (χ1) is 10.6. The third-order valence-corrected chi connectivity index (χ3v) is 3.32. The maximum absolute atomic E-state index is 11.8. The second-order valence-corrected chi connectivity index (χ2v) is 5.35. The summed E-state index contributed by atoms with van der Waals surface area (Å²) < 4.78 is 0. The van der Waals surface area contributed by atoms with E-state index in [2.05, 4.69) is 34.3 Å². The second kappa shape index (κ2) is 7.41. The lowest BCUT2D eigenvalue weighted by Crippen LogP contribution is -2.20. The van der Waals surface area contributed by atoms with Gasteiger partial charge >= 0.3 is 0 Å². The molecular formula is C18H21N3O. The molecule has 0 saturated heterocycles. The van der Waals surface area contributed by atoms with Crippen molar-refractivity contribution in [3.8, 4) is 0 Å². The Balaban J connectivity index is 1.91. The van der Waals surface area contributed by atoms with Gasteiger partial charge in [-0.25, -0.2) is 0 Å². The first-order valence-corrected chi connectivity index (χ1v) is 7.19. The molecule has 2 aromatic rings. The minimum absolute atomic E-state index is 0.113. The van der Waals surface area contributed by atoms with Gasteiger partial charge in [-0.1, -0.05) is 18.2 Å². The molecule has 1 N–H and O–H groups in total. The van der Waals surface area contributed by atoms with Crippen molar-refractivity contribution in [2.45, 2.75) is 13.5 Å². The standard InChI is InChI=1S/C18H21N3O/c1-14-11-16(6-8-17(14)21(2)3)13-20-18(22)9-7-15-5-4-10-19-12-15/h4-12H,13H2,1-3H3,(H,20,22)/b9-7+. The number of pyridine rings is 1. The summed E-state index contributed by atoms with van der Waals surface area (Å²) in [7, 11) is 4.04. The number of aromatic nitrogens is 1. The molecule has 0 aliphatic heterocycles. The number of nitrogens with one attached hydrogen (secondary N) is 1. The molecule has 1 heterocycles. The van der Waals surface area contributed by atoms with E-state index in [-0.39, 0.29) is 5.91 Å². The minimum Gasteiger partial charge on any atom is -0.377 e. The first kappa shape index (κ1) is 15.8. The van der Waals surface area contributed by atoms with Crippen molar-refractivity contribution in [3.63, 3.8) is 0 Å². The molecule has 4 heteroatoms. The van der Waals surface area contributed by atoms with Gasteiger partial charge in [-0.3, -0.25) is 9.78 Å². The van der Waals surface area contributed by atoms with Gasteiger partial charge in [-0.15, -0.1) is 0 Å². The predicted octanol–water partition coefficient (Wildman–Crippen LogP) is 2.79. The molecule has 1 aromatic carbocycles. The van der Waals surface area contributed by atoms with E-state index in [1.165, 1.54) is 17.3 Å². The van der Waals surface area contributed by atoms with Gasteiger partial charge in [0.1, 0.15) is 0 Å². The molecular weight excluding hydrogens is 274 g/mol. The highest BCUT2D eigenvalue weighted by Gasteiger charge is 2.03. The molecule has 0 aliphatic rings. The molecule has 2 rings (SSSR count). The first-order valence-electron chi connectivity index (χ1n) is 7.19. The van der Waals surface area contributed by atoms with Crippen LogP contribution in [-0.4, -0.2) is 25.0 Å². The van der Waals surface area contributed by atoms with Crippen LogP contribution in [0.25, 0.3) is 6.08 Å². The van der Waals surface area contributed by atoms with Crippen LogP contribution in [0, 0.1) is 6.92 Å². The molecule has 1 amide bonds. The van der Waals surface area contributed by atoms with Gasteiger partial charge in [-0.05, 0) is 41.8 Å². The van der Waals surface area contributed by atoms with E-state index >= 15 is 0 Å². The highest BCUT2D eigenvalue weighted by molar-refractivity contribution is 5.91. The fourth-order valence-corrected chi connectivity index (χ4v) is 2.22. The maximum atomic E-state index is 11.8. The highest BCUT2D eigenvalue weighted by Crippen LogP contribution is 2.18. The summed E-state index contributed by atoms with van der Waals surface area (Å²) in [5, 5.41) is 2.89. The van der Waals surface area contributed by atoms with E-state index in [1.54, 1.807) is 18.5 Å². The van der Waals surface area contributed by atoms with Crippen molar-refractivity contribution in [2.24, 2.45) is 0 Å². The molecule has 4 nitrogen and oxygen atoms in total. The van der Waals surface area contributed by atoms with Crippen LogP contribution >= 0.6 is 0 Å². The molecule has 0 atom stereocenters.